The van der Waals surface area contributed by atoms with Crippen LogP contribution in [-0.4, -0.2) is 10.1 Å². The fourth-order valence-electron chi connectivity index (χ4n) is 4.16. The summed E-state index contributed by atoms with van der Waals surface area (Å²) in [6, 6.07) is 17.0. The van der Waals surface area contributed by atoms with E-state index < -0.39 is 0 Å². The largest absolute Gasteiger partial charge is 0.593 e. The molecule has 2 nitrogen and oxygen atoms in total. The van der Waals surface area contributed by atoms with Gasteiger partial charge in [-0.3, -0.25) is 0 Å². The molecule has 4 rings (SSSR count). The highest BCUT2D eigenvalue weighted by atomic mass is 16.3. The van der Waals surface area contributed by atoms with Crippen LogP contribution in [0.15, 0.2) is 91.2 Å². The number of fused-ring (bicyclic) bond motifs is 1. The molecule has 0 unspecified atom stereocenters. The lowest BCUT2D eigenvalue weighted by Gasteiger charge is -2.06. The van der Waals surface area contributed by atoms with Gasteiger partial charge in [-0.2, -0.15) is 0 Å². The normalized spacial score (nSPS) is 13.9. The standard InChI is InChI=1S/C32H33NO/c1-3-24-14-18-26(19-15-24)28(22-32(34)27-20-16-25(4-2)17-21-27)10-8-9-11-29-23-33-31-13-7-5-6-12-30(29)31/h5-7,9-12,14-23,33-34H,3-4,8,13H2,1-2H3/p+1/b11-9+,28-10+,32-22-. The van der Waals surface area contributed by atoms with E-state index in [1.807, 2.05) is 6.08 Å². The molecule has 172 valence electrons. The van der Waals surface area contributed by atoms with Gasteiger partial charge in [0.1, 0.15) is 0 Å². The topological polar surface area (TPSA) is 38.7 Å². The van der Waals surface area contributed by atoms with E-state index in [9.17, 15) is 0 Å². The van der Waals surface area contributed by atoms with Gasteiger partial charge in [0.15, 0.2) is 0 Å². The highest BCUT2D eigenvalue weighted by Gasteiger charge is 2.09. The van der Waals surface area contributed by atoms with Gasteiger partial charge in [-0.15, -0.1) is 0 Å². The average Bonchev–Trinajstić information content (AvgIpc) is 3.11. The molecule has 0 amide bonds. The van der Waals surface area contributed by atoms with Crippen LogP contribution in [0.1, 0.15) is 59.3 Å². The minimum absolute atomic E-state index is 0.533. The SMILES string of the molecule is CCc1ccc(/C([OH2+])=C/C(=C\C/C=C/c2c[nH]c3c2C=CC=CC3)c2ccc(CC)cc2)cc1. The number of H-pyrrole nitrogens is 1. The van der Waals surface area contributed by atoms with Crippen molar-refractivity contribution in [1.29, 1.82) is 0 Å². The Kier molecular flexibility index (Phi) is 7.83. The first kappa shape index (κ1) is 23.4. The number of aromatic nitrogens is 1. The van der Waals surface area contributed by atoms with Crippen molar-refractivity contribution in [3.63, 3.8) is 0 Å². The lowest BCUT2D eigenvalue weighted by Crippen LogP contribution is -1.89. The Hall–Kier alpha value is -3.78. The molecule has 34 heavy (non-hydrogen) atoms. The van der Waals surface area contributed by atoms with E-state index in [1.54, 1.807) is 0 Å². The molecule has 1 aliphatic carbocycles. The van der Waals surface area contributed by atoms with Gasteiger partial charge in [-0.1, -0.05) is 92.8 Å². The van der Waals surface area contributed by atoms with Gasteiger partial charge in [0.05, 0.1) is 5.56 Å². The molecule has 0 fully saturated rings. The second-order valence-electron chi connectivity index (χ2n) is 8.58. The molecular formula is C32H34NO+. The maximum absolute atomic E-state index is 8.70. The number of benzene rings is 2. The third-order valence-corrected chi connectivity index (χ3v) is 6.31. The number of hydrogen-bond acceptors (Lipinski definition) is 0. The Bertz CT molecular complexity index is 1250. The number of hydrogen-bond donors (Lipinski definition) is 1. The third kappa shape index (κ3) is 5.77. The Labute approximate surface area is 203 Å². The van der Waals surface area contributed by atoms with Gasteiger partial charge in [-0.05, 0) is 59.2 Å². The number of rotatable bonds is 8. The minimum Gasteiger partial charge on any atom is -0.593 e. The zero-order chi connectivity index (χ0) is 23.8. The first-order chi connectivity index (χ1) is 16.7. The number of allylic oxidation sites excluding steroid dienone is 7. The molecule has 1 aliphatic rings. The van der Waals surface area contributed by atoms with E-state index in [-0.39, 0.29) is 0 Å². The Balaban J connectivity index is 1.58. The van der Waals surface area contributed by atoms with Crippen molar-refractivity contribution in [2.45, 2.75) is 39.5 Å². The Morgan fingerprint density at radius 2 is 1.59 bits per heavy atom. The summed E-state index contributed by atoms with van der Waals surface area (Å²) in [7, 11) is 0. The van der Waals surface area contributed by atoms with Crippen LogP contribution in [0.25, 0.3) is 23.5 Å². The fraction of sp³-hybridized carbons (Fsp3) is 0.188. The molecule has 0 atom stereocenters. The van der Waals surface area contributed by atoms with Crippen LogP contribution < -0.4 is 0 Å². The van der Waals surface area contributed by atoms with Crippen molar-refractivity contribution >= 4 is 23.5 Å². The van der Waals surface area contributed by atoms with Gasteiger partial charge in [-0.25, -0.2) is 0 Å². The maximum atomic E-state index is 8.70. The number of aromatic amines is 1. The first-order valence-corrected chi connectivity index (χ1v) is 12.2. The van der Waals surface area contributed by atoms with Gasteiger partial charge in [0, 0.05) is 30.0 Å². The van der Waals surface area contributed by atoms with Crippen molar-refractivity contribution < 1.29 is 5.11 Å². The molecule has 3 N–H and O–H groups in total. The zero-order valence-electron chi connectivity index (χ0n) is 20.1. The van der Waals surface area contributed by atoms with E-state index >= 15 is 0 Å². The summed E-state index contributed by atoms with van der Waals surface area (Å²) in [6.45, 7) is 4.32. The van der Waals surface area contributed by atoms with E-state index in [1.165, 1.54) is 27.9 Å². The van der Waals surface area contributed by atoms with E-state index in [4.69, 9.17) is 5.11 Å². The van der Waals surface area contributed by atoms with E-state index in [0.717, 1.165) is 42.4 Å². The third-order valence-electron chi connectivity index (χ3n) is 6.31. The summed E-state index contributed by atoms with van der Waals surface area (Å²) in [6.07, 6.45) is 23.0. The highest BCUT2D eigenvalue weighted by Crippen LogP contribution is 2.24. The molecule has 0 aliphatic heterocycles. The Morgan fingerprint density at radius 1 is 0.912 bits per heavy atom. The molecule has 1 heterocycles. The van der Waals surface area contributed by atoms with Crippen LogP contribution in [0.3, 0.4) is 0 Å². The number of aryl methyl sites for hydroxylation is 2. The quantitative estimate of drug-likeness (QED) is 0.210. The minimum atomic E-state index is 0.533. The van der Waals surface area contributed by atoms with Gasteiger partial charge < -0.3 is 10.1 Å². The van der Waals surface area contributed by atoms with Crippen LogP contribution in [0.4, 0.5) is 0 Å². The van der Waals surface area contributed by atoms with Crippen LogP contribution >= 0.6 is 0 Å². The van der Waals surface area contributed by atoms with E-state index in [2.05, 4.69) is 116 Å². The smallest absolute Gasteiger partial charge is 0.261 e. The lowest BCUT2D eigenvalue weighted by molar-refractivity contribution is 0.512. The van der Waals surface area contributed by atoms with Crippen LogP contribution in [0.5, 0.6) is 0 Å². The van der Waals surface area contributed by atoms with Crippen molar-refractivity contribution in [3.05, 3.63) is 130 Å². The first-order valence-electron chi connectivity index (χ1n) is 12.2. The summed E-state index contributed by atoms with van der Waals surface area (Å²) in [5.41, 5.74) is 9.52. The average molecular weight is 449 g/mol. The molecule has 0 bridgehead atoms. The zero-order valence-corrected chi connectivity index (χ0v) is 20.1. The number of nitrogens with one attached hydrogen (secondary N) is 1. The highest BCUT2D eigenvalue weighted by molar-refractivity contribution is 5.81. The molecule has 0 radical (unpaired) electrons. The van der Waals surface area contributed by atoms with Crippen molar-refractivity contribution in [3.8, 4) is 0 Å². The van der Waals surface area contributed by atoms with Crippen molar-refractivity contribution in [1.82, 2.24) is 4.98 Å². The maximum Gasteiger partial charge on any atom is 0.261 e. The summed E-state index contributed by atoms with van der Waals surface area (Å²) in [5, 5.41) is 8.70. The fourth-order valence-corrected chi connectivity index (χ4v) is 4.16. The second-order valence-corrected chi connectivity index (χ2v) is 8.58. The summed E-state index contributed by atoms with van der Waals surface area (Å²) < 4.78 is 0. The molecule has 0 saturated heterocycles. The molecular weight excluding hydrogens is 414 g/mol. The van der Waals surface area contributed by atoms with Crippen molar-refractivity contribution in [2.24, 2.45) is 0 Å². The summed E-state index contributed by atoms with van der Waals surface area (Å²) >= 11 is 0. The molecule has 3 aromatic rings. The monoisotopic (exact) mass is 448 g/mol. The van der Waals surface area contributed by atoms with Gasteiger partial charge in [0.2, 0.25) is 0 Å². The molecule has 2 heteroatoms. The Morgan fingerprint density at radius 3 is 2.26 bits per heavy atom. The van der Waals surface area contributed by atoms with Gasteiger partial charge >= 0.3 is 0 Å². The van der Waals surface area contributed by atoms with Crippen LogP contribution in [0, 0.1) is 0 Å². The summed E-state index contributed by atoms with van der Waals surface area (Å²) in [4.78, 5) is 3.40. The van der Waals surface area contributed by atoms with Crippen molar-refractivity contribution in [2.75, 3.05) is 0 Å². The lowest BCUT2D eigenvalue weighted by atomic mass is 9.99. The predicted octanol–water partition coefficient (Wildman–Crippen LogP) is 7.52. The molecule has 1 aromatic heterocycles. The molecule has 0 spiro atoms. The predicted molar refractivity (Wildman–Crippen MR) is 148 cm³/mol. The van der Waals surface area contributed by atoms with Crippen LogP contribution in [0.2, 0.25) is 0 Å². The second kappa shape index (κ2) is 11.4. The molecule has 2 aromatic carbocycles. The molecule has 0 saturated carbocycles. The van der Waals surface area contributed by atoms with E-state index in [0.29, 0.717) is 5.76 Å². The van der Waals surface area contributed by atoms with Crippen LogP contribution in [-0.2, 0) is 19.3 Å². The van der Waals surface area contributed by atoms with Gasteiger partial charge in [0.25, 0.3) is 5.76 Å². The summed E-state index contributed by atoms with van der Waals surface area (Å²) in [5.74, 6) is 0.533.